The van der Waals surface area contributed by atoms with Crippen LogP contribution in [0.15, 0.2) is 46.9 Å². The van der Waals surface area contributed by atoms with Gasteiger partial charge in [-0.3, -0.25) is 0 Å². The standard InChI is InChI=1S/C18H19NO2.C13H29NO/c1-3-4-11-20-15-8-6-14(7-9-15)18-19-16-10-5-13(2)12-17(16)21-18;1-5-9-14(11-12-15-7-3)10-8-13(4)6-2/h5-10,12H,3-4,11H2,1-2H3;13H,5-12H2,1-4H3. The smallest absolute Gasteiger partial charge is 0.227 e. The highest BCUT2D eigenvalue weighted by molar-refractivity contribution is 5.76. The average molecular weight is 497 g/mol. The summed E-state index contributed by atoms with van der Waals surface area (Å²) in [4.78, 5) is 7.05. The minimum Gasteiger partial charge on any atom is -0.494 e. The average Bonchev–Trinajstić information content (AvgIpc) is 3.31. The van der Waals surface area contributed by atoms with E-state index in [0.717, 1.165) is 67.5 Å². The van der Waals surface area contributed by atoms with Crippen molar-refractivity contribution in [2.45, 2.75) is 73.6 Å². The van der Waals surface area contributed by atoms with Gasteiger partial charge in [-0.05, 0) is 94.1 Å². The highest BCUT2D eigenvalue weighted by Gasteiger charge is 2.09. The SMILES string of the molecule is CCCCOc1ccc(-c2nc3ccc(C)cc3o2)cc1.CCCN(CCOCC)CCC(C)CC. The molecule has 0 saturated carbocycles. The van der Waals surface area contributed by atoms with Gasteiger partial charge in [0.15, 0.2) is 5.58 Å². The molecule has 1 unspecified atom stereocenters. The van der Waals surface area contributed by atoms with Gasteiger partial charge in [0.05, 0.1) is 13.2 Å². The van der Waals surface area contributed by atoms with Crippen molar-refractivity contribution in [1.82, 2.24) is 9.88 Å². The molecular formula is C31H48N2O3. The Kier molecular flexibility index (Phi) is 14.2. The van der Waals surface area contributed by atoms with E-state index in [4.69, 9.17) is 13.9 Å². The number of rotatable bonds is 15. The number of unbranched alkanes of at least 4 members (excludes halogenated alkanes) is 1. The first-order valence-electron chi connectivity index (χ1n) is 13.9. The molecule has 0 aliphatic carbocycles. The van der Waals surface area contributed by atoms with Gasteiger partial charge in [0.2, 0.25) is 5.89 Å². The summed E-state index contributed by atoms with van der Waals surface area (Å²) < 4.78 is 16.9. The molecule has 5 heteroatoms. The molecule has 36 heavy (non-hydrogen) atoms. The maximum Gasteiger partial charge on any atom is 0.227 e. The van der Waals surface area contributed by atoms with Crippen molar-refractivity contribution in [2.75, 3.05) is 39.5 Å². The third-order valence-electron chi connectivity index (χ3n) is 6.34. The molecule has 200 valence electrons. The molecule has 0 radical (unpaired) electrons. The Morgan fingerprint density at radius 1 is 0.917 bits per heavy atom. The number of aryl methyl sites for hydroxylation is 1. The maximum absolute atomic E-state index is 5.82. The van der Waals surface area contributed by atoms with Crippen molar-refractivity contribution >= 4 is 11.1 Å². The Balaban J connectivity index is 0.000000271. The third kappa shape index (κ3) is 10.7. The minimum atomic E-state index is 0.649. The van der Waals surface area contributed by atoms with E-state index in [1.165, 1.54) is 37.9 Å². The monoisotopic (exact) mass is 496 g/mol. The van der Waals surface area contributed by atoms with Crippen LogP contribution in [0.3, 0.4) is 0 Å². The summed E-state index contributed by atoms with van der Waals surface area (Å²) in [6.45, 7) is 19.1. The normalized spacial score (nSPS) is 12.0. The van der Waals surface area contributed by atoms with E-state index in [-0.39, 0.29) is 0 Å². The minimum absolute atomic E-state index is 0.649. The molecule has 1 heterocycles. The van der Waals surface area contributed by atoms with Gasteiger partial charge < -0.3 is 18.8 Å². The summed E-state index contributed by atoms with van der Waals surface area (Å²) in [6.07, 6.45) is 6.08. The number of oxazole rings is 1. The summed E-state index contributed by atoms with van der Waals surface area (Å²) >= 11 is 0. The molecule has 0 bridgehead atoms. The number of nitrogens with zero attached hydrogens (tertiary/aromatic N) is 2. The fraction of sp³-hybridized carbons (Fsp3) is 0.581. The lowest BCUT2D eigenvalue weighted by Gasteiger charge is -2.22. The quantitative estimate of drug-likeness (QED) is 0.199. The van der Waals surface area contributed by atoms with Crippen molar-refractivity contribution in [1.29, 1.82) is 0 Å². The van der Waals surface area contributed by atoms with E-state index >= 15 is 0 Å². The lowest BCUT2D eigenvalue weighted by molar-refractivity contribution is 0.111. The van der Waals surface area contributed by atoms with Crippen LogP contribution in [0.1, 0.15) is 72.3 Å². The molecule has 0 N–H and O–H groups in total. The predicted molar refractivity (Wildman–Crippen MR) is 152 cm³/mol. The summed E-state index contributed by atoms with van der Waals surface area (Å²) in [5.41, 5.74) is 3.85. The Morgan fingerprint density at radius 3 is 2.36 bits per heavy atom. The molecule has 3 aromatic rings. The van der Waals surface area contributed by atoms with E-state index < -0.39 is 0 Å². The first kappa shape index (κ1) is 29.9. The molecule has 1 aromatic heterocycles. The van der Waals surface area contributed by atoms with E-state index in [1.54, 1.807) is 0 Å². The van der Waals surface area contributed by atoms with Crippen molar-refractivity contribution in [3.05, 3.63) is 48.0 Å². The number of ether oxygens (including phenoxy) is 2. The maximum atomic E-state index is 5.82. The molecule has 0 aliphatic rings. The molecule has 0 aliphatic heterocycles. The van der Waals surface area contributed by atoms with Crippen LogP contribution in [0.25, 0.3) is 22.6 Å². The van der Waals surface area contributed by atoms with Gasteiger partial charge in [0.1, 0.15) is 11.3 Å². The zero-order valence-electron chi connectivity index (χ0n) is 23.5. The predicted octanol–water partition coefficient (Wildman–Crippen LogP) is 8.15. The highest BCUT2D eigenvalue weighted by Crippen LogP contribution is 2.26. The van der Waals surface area contributed by atoms with E-state index in [2.05, 4.69) is 44.5 Å². The lowest BCUT2D eigenvalue weighted by Crippen LogP contribution is -2.30. The molecule has 3 rings (SSSR count). The first-order chi connectivity index (χ1) is 17.5. The second-order valence-corrected chi connectivity index (χ2v) is 9.56. The Hall–Kier alpha value is -2.37. The Morgan fingerprint density at radius 2 is 1.69 bits per heavy atom. The fourth-order valence-electron chi connectivity index (χ4n) is 3.78. The summed E-state index contributed by atoms with van der Waals surface area (Å²) in [7, 11) is 0. The van der Waals surface area contributed by atoms with Gasteiger partial charge >= 0.3 is 0 Å². The zero-order valence-corrected chi connectivity index (χ0v) is 23.5. The summed E-state index contributed by atoms with van der Waals surface area (Å²) in [5.74, 6) is 2.39. The van der Waals surface area contributed by atoms with Crippen molar-refractivity contribution in [3.8, 4) is 17.2 Å². The van der Waals surface area contributed by atoms with Gasteiger partial charge in [-0.2, -0.15) is 0 Å². The van der Waals surface area contributed by atoms with Gasteiger partial charge in [-0.15, -0.1) is 0 Å². The van der Waals surface area contributed by atoms with Crippen LogP contribution in [-0.2, 0) is 4.74 Å². The van der Waals surface area contributed by atoms with Gasteiger partial charge in [-0.25, -0.2) is 4.98 Å². The molecule has 0 saturated heterocycles. The van der Waals surface area contributed by atoms with Crippen LogP contribution in [0, 0.1) is 12.8 Å². The van der Waals surface area contributed by atoms with Gasteiger partial charge in [-0.1, -0.05) is 46.6 Å². The number of fused-ring (bicyclic) bond motifs is 1. The van der Waals surface area contributed by atoms with Gasteiger partial charge in [0, 0.05) is 18.7 Å². The molecule has 0 amide bonds. The Bertz CT molecular complexity index is 968. The van der Waals surface area contributed by atoms with Crippen molar-refractivity contribution < 1.29 is 13.9 Å². The number of benzene rings is 2. The lowest BCUT2D eigenvalue weighted by atomic mass is 10.1. The summed E-state index contributed by atoms with van der Waals surface area (Å²) in [5, 5.41) is 0. The van der Waals surface area contributed by atoms with Crippen molar-refractivity contribution in [3.63, 3.8) is 0 Å². The molecule has 2 aromatic carbocycles. The largest absolute Gasteiger partial charge is 0.494 e. The second-order valence-electron chi connectivity index (χ2n) is 9.56. The van der Waals surface area contributed by atoms with E-state index in [0.29, 0.717) is 5.89 Å². The fourth-order valence-corrected chi connectivity index (χ4v) is 3.78. The molecule has 1 atom stereocenters. The topological polar surface area (TPSA) is 47.7 Å². The zero-order chi connectivity index (χ0) is 26.2. The molecule has 0 spiro atoms. The van der Waals surface area contributed by atoms with Crippen molar-refractivity contribution in [2.24, 2.45) is 5.92 Å². The van der Waals surface area contributed by atoms with Gasteiger partial charge in [0.25, 0.3) is 0 Å². The third-order valence-corrected chi connectivity index (χ3v) is 6.34. The van der Waals surface area contributed by atoms with Crippen LogP contribution in [0.2, 0.25) is 0 Å². The molecular weight excluding hydrogens is 448 g/mol. The van der Waals surface area contributed by atoms with E-state index in [9.17, 15) is 0 Å². The second kappa shape index (κ2) is 17.1. The number of aromatic nitrogens is 1. The van der Waals surface area contributed by atoms with Crippen LogP contribution < -0.4 is 4.74 Å². The Labute approximate surface area is 219 Å². The summed E-state index contributed by atoms with van der Waals surface area (Å²) in [6, 6.07) is 13.9. The van der Waals surface area contributed by atoms with E-state index in [1.807, 2.05) is 49.4 Å². The van der Waals surface area contributed by atoms with Crippen LogP contribution in [-0.4, -0.2) is 49.3 Å². The highest BCUT2D eigenvalue weighted by atomic mass is 16.5. The van der Waals surface area contributed by atoms with Crippen LogP contribution in [0.4, 0.5) is 0 Å². The van der Waals surface area contributed by atoms with Crippen LogP contribution >= 0.6 is 0 Å². The molecule has 5 nitrogen and oxygen atoms in total. The first-order valence-corrected chi connectivity index (χ1v) is 13.9. The molecule has 0 fully saturated rings. The number of hydrogen-bond donors (Lipinski definition) is 0. The number of hydrogen-bond acceptors (Lipinski definition) is 5. The van der Waals surface area contributed by atoms with Crippen LogP contribution in [0.5, 0.6) is 5.75 Å².